The summed E-state index contributed by atoms with van der Waals surface area (Å²) in [5.74, 6) is -0.391. The molecule has 1 unspecified atom stereocenters. The molecule has 1 atom stereocenters. The van der Waals surface area contributed by atoms with Crippen LogP contribution in [-0.2, 0) is 9.59 Å². The van der Waals surface area contributed by atoms with Crippen molar-refractivity contribution in [2.75, 3.05) is 5.75 Å². The number of nitrogens with zero attached hydrogens (tertiary/aromatic N) is 1. The molecule has 0 aliphatic carbocycles. The molecule has 5 heteroatoms. The fourth-order valence-corrected chi connectivity index (χ4v) is 3.46. The van der Waals surface area contributed by atoms with Crippen LogP contribution in [0.15, 0.2) is 11.3 Å². The first-order valence-corrected chi connectivity index (χ1v) is 5.80. The highest BCUT2D eigenvalue weighted by Crippen LogP contribution is 2.50. The first kappa shape index (κ1) is 10.5. The summed E-state index contributed by atoms with van der Waals surface area (Å²) in [7, 11) is 0. The summed E-state index contributed by atoms with van der Waals surface area (Å²) >= 11 is 1.64. The van der Waals surface area contributed by atoms with Crippen molar-refractivity contribution in [1.29, 1.82) is 0 Å². The van der Waals surface area contributed by atoms with Gasteiger partial charge < -0.3 is 5.11 Å². The van der Waals surface area contributed by atoms with Gasteiger partial charge in [-0.2, -0.15) is 0 Å². The SMILES string of the molecule is CC1=C(C(=O)O)N2C(=O)C(C)(C)C2SC1. The second-order valence-corrected chi connectivity index (χ2v) is 5.56. The van der Waals surface area contributed by atoms with E-state index in [1.165, 1.54) is 4.90 Å². The quantitative estimate of drug-likeness (QED) is 0.686. The molecule has 0 aromatic carbocycles. The molecule has 1 fully saturated rings. The minimum absolute atomic E-state index is 0.0141. The standard InChI is InChI=1S/C10H13NO3S/c1-5-4-15-9-10(2,3)8(14)11(9)6(5)7(12)13/h9H,4H2,1-3H3,(H,12,13). The maximum absolute atomic E-state index is 11.8. The molecule has 0 aromatic heterocycles. The highest BCUT2D eigenvalue weighted by Gasteiger charge is 2.58. The molecular formula is C10H13NO3S. The van der Waals surface area contributed by atoms with Crippen LogP contribution in [0.4, 0.5) is 0 Å². The number of thioether (sulfide) groups is 1. The van der Waals surface area contributed by atoms with Gasteiger partial charge in [0, 0.05) is 5.75 Å². The van der Waals surface area contributed by atoms with E-state index in [9.17, 15) is 9.59 Å². The van der Waals surface area contributed by atoms with Crippen molar-refractivity contribution in [1.82, 2.24) is 4.90 Å². The summed E-state index contributed by atoms with van der Waals surface area (Å²) in [6.45, 7) is 5.50. The smallest absolute Gasteiger partial charge is 0.352 e. The zero-order chi connectivity index (χ0) is 11.4. The number of carboxylic acid groups (broad SMARTS) is 1. The van der Waals surface area contributed by atoms with Gasteiger partial charge >= 0.3 is 5.97 Å². The summed E-state index contributed by atoms with van der Waals surface area (Å²) in [4.78, 5) is 24.3. The maximum atomic E-state index is 11.8. The summed E-state index contributed by atoms with van der Waals surface area (Å²) < 4.78 is 0. The molecular weight excluding hydrogens is 214 g/mol. The Hall–Kier alpha value is -0.970. The first-order chi connectivity index (χ1) is 6.87. The molecule has 82 valence electrons. The predicted molar refractivity (Wildman–Crippen MR) is 57.2 cm³/mol. The number of carbonyl (C=O) groups excluding carboxylic acids is 1. The van der Waals surface area contributed by atoms with E-state index in [0.717, 1.165) is 5.57 Å². The summed E-state index contributed by atoms with van der Waals surface area (Å²) in [6.07, 6.45) is 0. The highest BCUT2D eigenvalue weighted by atomic mass is 32.2. The van der Waals surface area contributed by atoms with Crippen molar-refractivity contribution < 1.29 is 14.7 Å². The average molecular weight is 227 g/mol. The third-order valence-electron chi connectivity index (χ3n) is 2.93. The van der Waals surface area contributed by atoms with E-state index in [1.54, 1.807) is 18.7 Å². The average Bonchev–Trinajstić information content (AvgIpc) is 2.15. The minimum atomic E-state index is -0.998. The number of carbonyl (C=O) groups is 2. The Morgan fingerprint density at radius 2 is 2.20 bits per heavy atom. The van der Waals surface area contributed by atoms with Gasteiger partial charge in [0.25, 0.3) is 0 Å². The van der Waals surface area contributed by atoms with Crippen molar-refractivity contribution in [3.05, 3.63) is 11.3 Å². The van der Waals surface area contributed by atoms with Gasteiger partial charge in [0.2, 0.25) is 5.91 Å². The Kier molecular flexibility index (Phi) is 2.12. The van der Waals surface area contributed by atoms with Gasteiger partial charge in [0.05, 0.1) is 10.8 Å². The van der Waals surface area contributed by atoms with Gasteiger partial charge in [0.15, 0.2) is 0 Å². The first-order valence-electron chi connectivity index (χ1n) is 4.75. The molecule has 2 rings (SSSR count). The predicted octanol–water partition coefficient (Wildman–Crippen LogP) is 1.29. The van der Waals surface area contributed by atoms with Crippen LogP contribution in [0.2, 0.25) is 0 Å². The summed E-state index contributed by atoms with van der Waals surface area (Å²) in [5.41, 5.74) is 0.530. The van der Waals surface area contributed by atoms with E-state index in [0.29, 0.717) is 5.75 Å². The van der Waals surface area contributed by atoms with Gasteiger partial charge in [0.1, 0.15) is 5.70 Å². The van der Waals surface area contributed by atoms with Crippen molar-refractivity contribution in [2.24, 2.45) is 5.41 Å². The molecule has 0 bridgehead atoms. The molecule has 4 nitrogen and oxygen atoms in total. The summed E-state index contributed by atoms with van der Waals surface area (Å²) in [6, 6.07) is 0. The fourth-order valence-electron chi connectivity index (χ4n) is 2.04. The van der Waals surface area contributed by atoms with E-state index < -0.39 is 11.4 Å². The number of carboxylic acids is 1. The molecule has 1 N–H and O–H groups in total. The Morgan fingerprint density at radius 1 is 1.60 bits per heavy atom. The molecule has 15 heavy (non-hydrogen) atoms. The van der Waals surface area contributed by atoms with Crippen molar-refractivity contribution in [3.63, 3.8) is 0 Å². The lowest BCUT2D eigenvalue weighted by atomic mass is 9.81. The van der Waals surface area contributed by atoms with E-state index in [-0.39, 0.29) is 17.0 Å². The lowest BCUT2D eigenvalue weighted by molar-refractivity contribution is -0.160. The lowest BCUT2D eigenvalue weighted by Crippen LogP contribution is -2.66. The van der Waals surface area contributed by atoms with Crippen LogP contribution in [0.5, 0.6) is 0 Å². The zero-order valence-electron chi connectivity index (χ0n) is 8.90. The molecule has 0 saturated carbocycles. The number of rotatable bonds is 1. The molecule has 2 heterocycles. The Morgan fingerprint density at radius 3 is 2.73 bits per heavy atom. The molecule has 2 aliphatic rings. The molecule has 2 aliphatic heterocycles. The number of hydrogen-bond acceptors (Lipinski definition) is 3. The molecule has 1 amide bonds. The van der Waals surface area contributed by atoms with Gasteiger partial charge in [-0.25, -0.2) is 4.79 Å². The van der Waals surface area contributed by atoms with Crippen LogP contribution in [0.25, 0.3) is 0 Å². The normalized spacial score (nSPS) is 28.6. The van der Waals surface area contributed by atoms with Crippen molar-refractivity contribution in [3.8, 4) is 0 Å². The number of aliphatic carboxylic acids is 1. The van der Waals surface area contributed by atoms with E-state index in [4.69, 9.17) is 5.11 Å². The Balaban J connectivity index is 2.41. The number of fused-ring (bicyclic) bond motifs is 1. The van der Waals surface area contributed by atoms with E-state index >= 15 is 0 Å². The largest absolute Gasteiger partial charge is 0.477 e. The molecule has 0 radical (unpaired) electrons. The lowest BCUT2D eigenvalue weighted by Gasteiger charge is -2.54. The highest BCUT2D eigenvalue weighted by molar-refractivity contribution is 8.00. The number of β-lactam (4-membered cyclic amide) rings is 1. The molecule has 1 saturated heterocycles. The van der Waals surface area contributed by atoms with Gasteiger partial charge in [-0.3, -0.25) is 9.69 Å². The third kappa shape index (κ3) is 1.22. The van der Waals surface area contributed by atoms with Gasteiger partial charge in [-0.15, -0.1) is 11.8 Å². The Labute approximate surface area is 92.3 Å². The second-order valence-electron chi connectivity index (χ2n) is 4.49. The monoisotopic (exact) mass is 227 g/mol. The maximum Gasteiger partial charge on any atom is 0.352 e. The second kappa shape index (κ2) is 3.01. The number of amides is 1. The van der Waals surface area contributed by atoms with Gasteiger partial charge in [-0.1, -0.05) is 0 Å². The van der Waals surface area contributed by atoms with Gasteiger partial charge in [-0.05, 0) is 26.3 Å². The molecule has 0 spiro atoms. The van der Waals surface area contributed by atoms with Crippen LogP contribution >= 0.6 is 11.8 Å². The zero-order valence-corrected chi connectivity index (χ0v) is 9.72. The minimum Gasteiger partial charge on any atom is -0.477 e. The van der Waals surface area contributed by atoms with Crippen molar-refractivity contribution >= 4 is 23.6 Å². The number of hydrogen-bond donors (Lipinski definition) is 1. The topological polar surface area (TPSA) is 57.6 Å². The van der Waals surface area contributed by atoms with E-state index in [1.807, 2.05) is 13.8 Å². The van der Waals surface area contributed by atoms with Crippen LogP contribution in [0.3, 0.4) is 0 Å². The fraction of sp³-hybridized carbons (Fsp3) is 0.600. The van der Waals surface area contributed by atoms with Crippen LogP contribution in [0.1, 0.15) is 20.8 Å². The van der Waals surface area contributed by atoms with Crippen LogP contribution < -0.4 is 0 Å². The van der Waals surface area contributed by atoms with E-state index in [2.05, 4.69) is 0 Å². The molecule has 0 aromatic rings. The Bertz CT molecular complexity index is 386. The summed E-state index contributed by atoms with van der Waals surface area (Å²) in [5, 5.41) is 9.04. The van der Waals surface area contributed by atoms with Crippen LogP contribution in [0, 0.1) is 5.41 Å². The van der Waals surface area contributed by atoms with Crippen LogP contribution in [-0.4, -0.2) is 33.0 Å². The van der Waals surface area contributed by atoms with Crippen molar-refractivity contribution in [2.45, 2.75) is 26.1 Å². The third-order valence-corrected chi connectivity index (χ3v) is 4.64.